The van der Waals surface area contributed by atoms with Gasteiger partial charge in [0.25, 0.3) is 0 Å². The second-order valence-electron chi connectivity index (χ2n) is 4.23. The van der Waals surface area contributed by atoms with Gasteiger partial charge in [-0.15, -0.1) is 0 Å². The molecule has 5 nitrogen and oxygen atoms in total. The quantitative estimate of drug-likeness (QED) is 0.812. The summed E-state index contributed by atoms with van der Waals surface area (Å²) in [6, 6.07) is 0.640. The summed E-state index contributed by atoms with van der Waals surface area (Å²) in [4.78, 5) is 13.3. The molecule has 0 aromatic carbocycles. The molecule has 0 spiro atoms. The van der Waals surface area contributed by atoms with Crippen LogP contribution < -0.4 is 0 Å². The molecule has 0 saturated heterocycles. The Labute approximate surface area is 94.7 Å². The Bertz CT molecular complexity index is 396. The Morgan fingerprint density at radius 2 is 2.38 bits per heavy atom. The SMILES string of the molecule is CCN(Cc1c(C(=O)O)cnn1C)C1CC1. The van der Waals surface area contributed by atoms with Crippen LogP contribution in [0.2, 0.25) is 0 Å². The number of nitrogens with zero attached hydrogens (tertiary/aromatic N) is 3. The van der Waals surface area contributed by atoms with Crippen LogP contribution in [0.1, 0.15) is 35.8 Å². The number of carbonyl (C=O) groups is 1. The van der Waals surface area contributed by atoms with Gasteiger partial charge in [0.05, 0.1) is 11.9 Å². The molecule has 0 radical (unpaired) electrons. The molecule has 2 rings (SSSR count). The molecule has 1 fully saturated rings. The third-order valence-corrected chi connectivity index (χ3v) is 3.11. The van der Waals surface area contributed by atoms with Crippen LogP contribution in [0.15, 0.2) is 6.20 Å². The topological polar surface area (TPSA) is 58.4 Å². The average molecular weight is 223 g/mol. The van der Waals surface area contributed by atoms with Crippen molar-refractivity contribution in [3.05, 3.63) is 17.5 Å². The number of carboxylic acid groups (broad SMARTS) is 1. The highest BCUT2D eigenvalue weighted by Crippen LogP contribution is 2.28. The molecule has 0 bridgehead atoms. The first-order chi connectivity index (χ1) is 7.63. The molecule has 5 heteroatoms. The van der Waals surface area contributed by atoms with Crippen LogP contribution in [0.3, 0.4) is 0 Å². The van der Waals surface area contributed by atoms with Crippen molar-refractivity contribution in [3.63, 3.8) is 0 Å². The molecule has 1 heterocycles. The molecule has 1 saturated carbocycles. The maximum atomic E-state index is 11.0. The van der Waals surface area contributed by atoms with Crippen molar-refractivity contribution in [1.82, 2.24) is 14.7 Å². The third kappa shape index (κ3) is 2.09. The maximum Gasteiger partial charge on any atom is 0.339 e. The van der Waals surface area contributed by atoms with E-state index in [1.165, 1.54) is 19.0 Å². The van der Waals surface area contributed by atoms with E-state index >= 15 is 0 Å². The van der Waals surface area contributed by atoms with E-state index in [0.29, 0.717) is 18.2 Å². The van der Waals surface area contributed by atoms with Gasteiger partial charge >= 0.3 is 5.97 Å². The predicted octanol–water partition coefficient (Wildman–Crippen LogP) is 1.10. The van der Waals surface area contributed by atoms with Gasteiger partial charge in [-0.3, -0.25) is 9.58 Å². The minimum atomic E-state index is -0.894. The number of hydrogen-bond acceptors (Lipinski definition) is 3. The van der Waals surface area contributed by atoms with Gasteiger partial charge in [0.15, 0.2) is 0 Å². The first-order valence-corrected chi connectivity index (χ1v) is 5.61. The number of hydrogen-bond donors (Lipinski definition) is 1. The van der Waals surface area contributed by atoms with Gasteiger partial charge in [-0.05, 0) is 19.4 Å². The summed E-state index contributed by atoms with van der Waals surface area (Å²) in [6.07, 6.45) is 3.89. The number of aromatic nitrogens is 2. The van der Waals surface area contributed by atoms with Gasteiger partial charge < -0.3 is 5.11 Å². The minimum absolute atomic E-state index is 0.321. The molecule has 1 N–H and O–H groups in total. The van der Waals surface area contributed by atoms with Crippen molar-refractivity contribution in [2.75, 3.05) is 6.54 Å². The summed E-state index contributed by atoms with van der Waals surface area (Å²) in [5, 5.41) is 13.1. The monoisotopic (exact) mass is 223 g/mol. The first kappa shape index (κ1) is 11.1. The normalized spacial score (nSPS) is 15.7. The summed E-state index contributed by atoms with van der Waals surface area (Å²) >= 11 is 0. The molecule has 0 aliphatic heterocycles. The van der Waals surface area contributed by atoms with Gasteiger partial charge in [-0.1, -0.05) is 6.92 Å². The Hall–Kier alpha value is -1.36. The van der Waals surface area contributed by atoms with Crippen LogP contribution in [0.4, 0.5) is 0 Å². The Morgan fingerprint density at radius 1 is 1.69 bits per heavy atom. The highest BCUT2D eigenvalue weighted by atomic mass is 16.4. The van der Waals surface area contributed by atoms with Crippen LogP contribution in [0, 0.1) is 0 Å². The largest absolute Gasteiger partial charge is 0.478 e. The van der Waals surface area contributed by atoms with Crippen LogP contribution in [-0.2, 0) is 13.6 Å². The summed E-state index contributed by atoms with van der Waals surface area (Å²) < 4.78 is 1.66. The maximum absolute atomic E-state index is 11.0. The fourth-order valence-electron chi connectivity index (χ4n) is 1.96. The minimum Gasteiger partial charge on any atom is -0.478 e. The molecular formula is C11H17N3O2. The first-order valence-electron chi connectivity index (χ1n) is 5.61. The second kappa shape index (κ2) is 4.25. The molecule has 88 valence electrons. The lowest BCUT2D eigenvalue weighted by Gasteiger charge is -2.20. The van der Waals surface area contributed by atoms with E-state index in [1.54, 1.807) is 11.7 Å². The van der Waals surface area contributed by atoms with Gasteiger partial charge in [0, 0.05) is 19.6 Å². The van der Waals surface area contributed by atoms with Gasteiger partial charge in [-0.2, -0.15) is 5.10 Å². The van der Waals surface area contributed by atoms with E-state index in [4.69, 9.17) is 5.11 Å². The average Bonchev–Trinajstić information content (AvgIpc) is 3.01. The Kier molecular flexibility index (Phi) is 2.96. The summed E-state index contributed by atoms with van der Waals surface area (Å²) in [5.41, 5.74) is 1.11. The molecule has 1 aliphatic rings. The van der Waals surface area contributed by atoms with E-state index in [-0.39, 0.29) is 0 Å². The summed E-state index contributed by atoms with van der Waals surface area (Å²) in [6.45, 7) is 3.74. The Balaban J connectivity index is 2.18. The van der Waals surface area contributed by atoms with Crippen molar-refractivity contribution < 1.29 is 9.90 Å². The third-order valence-electron chi connectivity index (χ3n) is 3.11. The molecule has 1 aromatic rings. The zero-order valence-electron chi connectivity index (χ0n) is 9.68. The van der Waals surface area contributed by atoms with Gasteiger partial charge in [0.2, 0.25) is 0 Å². The summed E-state index contributed by atoms with van der Waals surface area (Å²) in [5.74, 6) is -0.894. The van der Waals surface area contributed by atoms with Crippen molar-refractivity contribution in [1.29, 1.82) is 0 Å². The zero-order valence-corrected chi connectivity index (χ0v) is 9.68. The number of aromatic carboxylic acids is 1. The fourth-order valence-corrected chi connectivity index (χ4v) is 1.96. The molecule has 0 amide bonds. The van der Waals surface area contributed by atoms with Crippen molar-refractivity contribution >= 4 is 5.97 Å². The highest BCUT2D eigenvalue weighted by molar-refractivity contribution is 5.88. The lowest BCUT2D eigenvalue weighted by Crippen LogP contribution is -2.27. The molecule has 1 aromatic heterocycles. The molecular weight excluding hydrogens is 206 g/mol. The predicted molar refractivity (Wildman–Crippen MR) is 59.3 cm³/mol. The van der Waals surface area contributed by atoms with E-state index < -0.39 is 5.97 Å². The number of carboxylic acids is 1. The van der Waals surface area contributed by atoms with Gasteiger partial charge in [0.1, 0.15) is 5.56 Å². The van der Waals surface area contributed by atoms with Crippen molar-refractivity contribution in [2.24, 2.45) is 7.05 Å². The van der Waals surface area contributed by atoms with E-state index in [0.717, 1.165) is 12.2 Å². The zero-order chi connectivity index (χ0) is 11.7. The number of aryl methyl sites for hydroxylation is 1. The fraction of sp³-hybridized carbons (Fsp3) is 0.636. The van der Waals surface area contributed by atoms with Gasteiger partial charge in [-0.25, -0.2) is 4.79 Å². The molecule has 0 unspecified atom stereocenters. The van der Waals surface area contributed by atoms with E-state index in [1.807, 2.05) is 0 Å². The van der Waals surface area contributed by atoms with Crippen molar-refractivity contribution in [3.8, 4) is 0 Å². The summed E-state index contributed by atoms with van der Waals surface area (Å²) in [7, 11) is 1.79. The number of rotatable bonds is 5. The van der Waals surface area contributed by atoms with Crippen LogP contribution in [0.25, 0.3) is 0 Å². The van der Waals surface area contributed by atoms with E-state index in [9.17, 15) is 4.79 Å². The van der Waals surface area contributed by atoms with Crippen molar-refractivity contribution in [2.45, 2.75) is 32.4 Å². The molecule has 0 atom stereocenters. The smallest absolute Gasteiger partial charge is 0.339 e. The molecule has 1 aliphatic carbocycles. The lowest BCUT2D eigenvalue weighted by molar-refractivity contribution is 0.0694. The Morgan fingerprint density at radius 3 is 2.88 bits per heavy atom. The lowest BCUT2D eigenvalue weighted by atomic mass is 10.2. The highest BCUT2D eigenvalue weighted by Gasteiger charge is 2.29. The van der Waals surface area contributed by atoms with Crippen LogP contribution in [0.5, 0.6) is 0 Å². The molecule has 16 heavy (non-hydrogen) atoms. The van der Waals surface area contributed by atoms with Crippen LogP contribution in [-0.4, -0.2) is 38.3 Å². The standard InChI is InChI=1S/C11H17N3O2/c1-3-14(8-4-5-8)7-10-9(11(15)16)6-12-13(10)2/h6,8H,3-5,7H2,1-2H3,(H,15,16). The van der Waals surface area contributed by atoms with Crippen LogP contribution >= 0.6 is 0 Å². The van der Waals surface area contributed by atoms with E-state index in [2.05, 4.69) is 16.9 Å². The second-order valence-corrected chi connectivity index (χ2v) is 4.23.